The van der Waals surface area contributed by atoms with Gasteiger partial charge >= 0.3 is 0 Å². The third-order valence-electron chi connectivity index (χ3n) is 3.20. The molecule has 1 N–H and O–H groups in total. The molecule has 0 aromatic carbocycles. The molecule has 3 nitrogen and oxygen atoms in total. The summed E-state index contributed by atoms with van der Waals surface area (Å²) in [5.41, 5.74) is 0. The molecule has 3 heteroatoms. The predicted octanol–water partition coefficient (Wildman–Crippen LogP) is 3.17. The van der Waals surface area contributed by atoms with Gasteiger partial charge in [0.25, 0.3) is 0 Å². The number of nitrogens with one attached hydrogen (secondary N) is 1. The summed E-state index contributed by atoms with van der Waals surface area (Å²) in [4.78, 5) is 4.42. The lowest BCUT2D eigenvalue weighted by molar-refractivity contribution is 0.444. The first-order valence-corrected chi connectivity index (χ1v) is 6.93. The van der Waals surface area contributed by atoms with Gasteiger partial charge in [0.1, 0.15) is 5.82 Å². The second kappa shape index (κ2) is 7.49. The molecule has 98 valence electrons. The van der Waals surface area contributed by atoms with Gasteiger partial charge in [-0.2, -0.15) is 0 Å². The summed E-state index contributed by atoms with van der Waals surface area (Å²) in [5.74, 6) is 1.72. The normalized spacial score (nSPS) is 13.2. The fourth-order valence-electron chi connectivity index (χ4n) is 2.26. The lowest BCUT2D eigenvalue weighted by Crippen LogP contribution is -2.28. The number of aryl methyl sites for hydroxylation is 1. The molecule has 1 aromatic rings. The Morgan fingerprint density at radius 1 is 1.35 bits per heavy atom. The molecule has 0 saturated carbocycles. The molecule has 0 amide bonds. The second-order valence-corrected chi connectivity index (χ2v) is 4.94. The van der Waals surface area contributed by atoms with Gasteiger partial charge in [0.2, 0.25) is 0 Å². The molecule has 0 bridgehead atoms. The van der Waals surface area contributed by atoms with Gasteiger partial charge in [-0.15, -0.1) is 0 Å². The Balaban J connectivity index is 2.37. The van der Waals surface area contributed by atoms with E-state index in [-0.39, 0.29) is 0 Å². The van der Waals surface area contributed by atoms with Gasteiger partial charge < -0.3 is 9.88 Å². The number of nitrogens with zero attached hydrogens (tertiary/aromatic N) is 2. The van der Waals surface area contributed by atoms with Crippen LogP contribution >= 0.6 is 0 Å². The van der Waals surface area contributed by atoms with Gasteiger partial charge in [0.15, 0.2) is 0 Å². The second-order valence-electron chi connectivity index (χ2n) is 4.94. The fraction of sp³-hybridized carbons (Fsp3) is 0.786. The maximum atomic E-state index is 4.42. The third-order valence-corrected chi connectivity index (χ3v) is 3.20. The van der Waals surface area contributed by atoms with E-state index in [2.05, 4.69) is 48.8 Å². The van der Waals surface area contributed by atoms with Crippen molar-refractivity contribution in [3.8, 4) is 0 Å². The van der Waals surface area contributed by atoms with E-state index in [9.17, 15) is 0 Å². The molecular formula is C14H27N3. The van der Waals surface area contributed by atoms with E-state index in [1.807, 2.05) is 6.20 Å². The summed E-state index contributed by atoms with van der Waals surface area (Å²) in [7, 11) is 0. The average molecular weight is 237 g/mol. The quantitative estimate of drug-likeness (QED) is 0.752. The first-order chi connectivity index (χ1) is 8.19. The Bertz CT molecular complexity index is 304. The zero-order valence-electron chi connectivity index (χ0n) is 11.7. The van der Waals surface area contributed by atoms with E-state index >= 15 is 0 Å². The van der Waals surface area contributed by atoms with Crippen molar-refractivity contribution in [1.82, 2.24) is 14.9 Å². The van der Waals surface area contributed by atoms with Crippen molar-refractivity contribution in [3.63, 3.8) is 0 Å². The van der Waals surface area contributed by atoms with Gasteiger partial charge in [-0.25, -0.2) is 4.98 Å². The monoisotopic (exact) mass is 237 g/mol. The summed E-state index contributed by atoms with van der Waals surface area (Å²) in [6.07, 6.45) is 7.71. The van der Waals surface area contributed by atoms with Crippen LogP contribution in [0.2, 0.25) is 0 Å². The summed E-state index contributed by atoms with van der Waals surface area (Å²) in [5, 5.41) is 3.52. The van der Waals surface area contributed by atoms with Crippen molar-refractivity contribution in [2.45, 2.75) is 65.5 Å². The SMILES string of the molecule is CCNC(CC)CCCn1ccnc1C(C)C. The molecule has 1 unspecified atom stereocenters. The van der Waals surface area contributed by atoms with E-state index in [1.165, 1.54) is 25.1 Å². The molecule has 1 aromatic heterocycles. The van der Waals surface area contributed by atoms with E-state index < -0.39 is 0 Å². The van der Waals surface area contributed by atoms with Crippen molar-refractivity contribution in [3.05, 3.63) is 18.2 Å². The van der Waals surface area contributed by atoms with E-state index in [0.717, 1.165) is 13.1 Å². The zero-order valence-corrected chi connectivity index (χ0v) is 11.7. The molecule has 0 spiro atoms. The van der Waals surface area contributed by atoms with Crippen LogP contribution in [-0.2, 0) is 6.54 Å². The number of imidazole rings is 1. The fourth-order valence-corrected chi connectivity index (χ4v) is 2.26. The predicted molar refractivity (Wildman–Crippen MR) is 73.3 cm³/mol. The van der Waals surface area contributed by atoms with Crippen LogP contribution in [0.5, 0.6) is 0 Å². The highest BCUT2D eigenvalue weighted by molar-refractivity contribution is 4.97. The minimum Gasteiger partial charge on any atom is -0.335 e. The van der Waals surface area contributed by atoms with Gasteiger partial charge in [0.05, 0.1) is 0 Å². The first kappa shape index (κ1) is 14.2. The van der Waals surface area contributed by atoms with E-state index in [1.54, 1.807) is 0 Å². The van der Waals surface area contributed by atoms with Crippen LogP contribution in [0.25, 0.3) is 0 Å². The first-order valence-electron chi connectivity index (χ1n) is 6.93. The molecule has 1 rings (SSSR count). The van der Waals surface area contributed by atoms with Crippen LogP contribution in [-0.4, -0.2) is 22.1 Å². The molecule has 1 heterocycles. The lowest BCUT2D eigenvalue weighted by atomic mass is 10.1. The lowest BCUT2D eigenvalue weighted by Gasteiger charge is -2.16. The molecule has 0 aliphatic rings. The topological polar surface area (TPSA) is 29.9 Å². The highest BCUT2D eigenvalue weighted by atomic mass is 15.1. The standard InChI is InChI=1S/C14H27N3/c1-5-13(15-6-2)8-7-10-17-11-9-16-14(17)12(3)4/h9,11-13,15H,5-8,10H2,1-4H3. The minimum absolute atomic E-state index is 0.515. The van der Waals surface area contributed by atoms with E-state index in [4.69, 9.17) is 0 Å². The van der Waals surface area contributed by atoms with E-state index in [0.29, 0.717) is 12.0 Å². The average Bonchev–Trinajstić information content (AvgIpc) is 2.76. The maximum Gasteiger partial charge on any atom is 0.111 e. The Labute approximate surface area is 106 Å². The highest BCUT2D eigenvalue weighted by Gasteiger charge is 2.08. The molecule has 0 fully saturated rings. The molecule has 0 aliphatic carbocycles. The molecule has 17 heavy (non-hydrogen) atoms. The van der Waals surface area contributed by atoms with Crippen LogP contribution < -0.4 is 5.32 Å². The van der Waals surface area contributed by atoms with Crippen LogP contribution in [0.15, 0.2) is 12.4 Å². The van der Waals surface area contributed by atoms with Gasteiger partial charge in [-0.05, 0) is 25.8 Å². The van der Waals surface area contributed by atoms with Gasteiger partial charge in [-0.3, -0.25) is 0 Å². The molecular weight excluding hydrogens is 210 g/mol. The number of hydrogen-bond donors (Lipinski definition) is 1. The third kappa shape index (κ3) is 4.50. The zero-order chi connectivity index (χ0) is 12.7. The van der Waals surface area contributed by atoms with Gasteiger partial charge in [0, 0.05) is 30.9 Å². The van der Waals surface area contributed by atoms with Crippen LogP contribution in [0.1, 0.15) is 58.7 Å². The summed E-state index contributed by atoms with van der Waals surface area (Å²) in [6.45, 7) is 11.0. The molecule has 1 atom stereocenters. The van der Waals surface area contributed by atoms with Crippen LogP contribution in [0.3, 0.4) is 0 Å². The van der Waals surface area contributed by atoms with Crippen LogP contribution in [0.4, 0.5) is 0 Å². The van der Waals surface area contributed by atoms with Crippen molar-refractivity contribution in [1.29, 1.82) is 0 Å². The van der Waals surface area contributed by atoms with Gasteiger partial charge in [-0.1, -0.05) is 27.7 Å². The Kier molecular flexibility index (Phi) is 6.27. The summed E-state index contributed by atoms with van der Waals surface area (Å²) in [6, 6.07) is 0.672. The maximum absolute atomic E-state index is 4.42. The highest BCUT2D eigenvalue weighted by Crippen LogP contribution is 2.13. The summed E-state index contributed by atoms with van der Waals surface area (Å²) < 4.78 is 2.29. The van der Waals surface area contributed by atoms with Crippen molar-refractivity contribution < 1.29 is 0 Å². The van der Waals surface area contributed by atoms with Crippen molar-refractivity contribution in [2.75, 3.05) is 6.54 Å². The number of rotatable bonds is 8. The minimum atomic E-state index is 0.515. The number of aromatic nitrogens is 2. The van der Waals surface area contributed by atoms with Crippen LogP contribution in [0, 0.1) is 0 Å². The molecule has 0 saturated heterocycles. The largest absolute Gasteiger partial charge is 0.335 e. The van der Waals surface area contributed by atoms with Crippen molar-refractivity contribution >= 4 is 0 Å². The molecule has 0 aliphatic heterocycles. The number of hydrogen-bond acceptors (Lipinski definition) is 2. The Hall–Kier alpha value is -0.830. The Morgan fingerprint density at radius 2 is 2.12 bits per heavy atom. The van der Waals surface area contributed by atoms with Crippen molar-refractivity contribution in [2.24, 2.45) is 0 Å². The molecule has 0 radical (unpaired) electrons. The Morgan fingerprint density at radius 3 is 2.71 bits per heavy atom. The smallest absolute Gasteiger partial charge is 0.111 e. The summed E-state index contributed by atoms with van der Waals surface area (Å²) >= 11 is 0.